The third-order valence-corrected chi connectivity index (χ3v) is 6.55. The van der Waals surface area contributed by atoms with Crippen molar-refractivity contribution < 1.29 is 9.21 Å². The van der Waals surface area contributed by atoms with Crippen molar-refractivity contribution in [3.05, 3.63) is 64.9 Å². The van der Waals surface area contributed by atoms with Crippen molar-refractivity contribution in [1.29, 1.82) is 0 Å². The molecule has 1 unspecified atom stereocenters. The summed E-state index contributed by atoms with van der Waals surface area (Å²) in [5, 5.41) is 3.63. The van der Waals surface area contributed by atoms with Crippen molar-refractivity contribution in [3.63, 3.8) is 0 Å². The summed E-state index contributed by atoms with van der Waals surface area (Å²) >= 11 is 3.07. The zero-order chi connectivity index (χ0) is 19.0. The van der Waals surface area contributed by atoms with Crippen LogP contribution in [0.25, 0.3) is 10.2 Å². The second-order valence-corrected chi connectivity index (χ2v) is 8.62. The van der Waals surface area contributed by atoms with E-state index in [4.69, 9.17) is 4.42 Å². The van der Waals surface area contributed by atoms with E-state index in [0.717, 1.165) is 38.0 Å². The highest BCUT2D eigenvalue weighted by atomic mass is 32.2. The first-order valence-corrected chi connectivity index (χ1v) is 10.4. The predicted octanol–water partition coefficient (Wildman–Crippen LogP) is 5.11. The Hall–Kier alpha value is -2.38. The molecule has 0 saturated carbocycles. The number of carbonyl (C=O) groups is 1. The molecule has 4 aromatic rings. The molecule has 4 heterocycles. The first kappa shape index (κ1) is 18.0. The molecule has 138 valence electrons. The molecule has 0 saturated heterocycles. The summed E-state index contributed by atoms with van der Waals surface area (Å²) in [7, 11) is 0. The van der Waals surface area contributed by atoms with E-state index < -0.39 is 0 Å². The molecule has 0 radical (unpaired) electrons. The van der Waals surface area contributed by atoms with Crippen LogP contribution in [-0.2, 0) is 6.54 Å². The molecule has 0 amide bonds. The Balaban J connectivity index is 1.58. The minimum Gasteiger partial charge on any atom is -0.467 e. The standard InChI is InChI=1S/C20H19N3O2S2/c1-12-9-17(13(2)23(12)10-15-5-4-7-25-15)18(24)14(3)27-20-16-6-8-26-19(16)21-11-22-20/h4-9,11,14H,10H2,1-3H3. The fourth-order valence-corrected chi connectivity index (χ4v) is 4.92. The van der Waals surface area contributed by atoms with Crippen LogP contribution < -0.4 is 0 Å². The number of fused-ring (bicyclic) bond motifs is 1. The van der Waals surface area contributed by atoms with Crippen LogP contribution in [-0.4, -0.2) is 25.6 Å². The summed E-state index contributed by atoms with van der Waals surface area (Å²) in [5.41, 5.74) is 2.77. The molecule has 0 aromatic carbocycles. The molecule has 5 nitrogen and oxygen atoms in total. The lowest BCUT2D eigenvalue weighted by molar-refractivity contribution is 0.0993. The number of hydrogen-bond donors (Lipinski definition) is 0. The molecule has 0 N–H and O–H groups in total. The van der Waals surface area contributed by atoms with Gasteiger partial charge in [-0.15, -0.1) is 11.3 Å². The number of thiophene rings is 1. The van der Waals surface area contributed by atoms with E-state index in [1.165, 1.54) is 11.8 Å². The Morgan fingerprint density at radius 2 is 2.19 bits per heavy atom. The quantitative estimate of drug-likeness (QED) is 0.257. The zero-order valence-electron chi connectivity index (χ0n) is 15.3. The van der Waals surface area contributed by atoms with E-state index in [1.54, 1.807) is 23.9 Å². The number of furan rings is 1. The van der Waals surface area contributed by atoms with E-state index in [9.17, 15) is 4.79 Å². The summed E-state index contributed by atoms with van der Waals surface area (Å²) in [6.07, 6.45) is 3.23. The van der Waals surface area contributed by atoms with Crippen LogP contribution >= 0.6 is 23.1 Å². The maximum Gasteiger partial charge on any atom is 0.177 e. The third kappa shape index (κ3) is 3.44. The molecule has 4 aromatic heterocycles. The summed E-state index contributed by atoms with van der Waals surface area (Å²) < 4.78 is 7.57. The number of aryl methyl sites for hydroxylation is 1. The van der Waals surface area contributed by atoms with Crippen molar-refractivity contribution in [3.8, 4) is 0 Å². The van der Waals surface area contributed by atoms with Crippen molar-refractivity contribution in [2.45, 2.75) is 37.6 Å². The van der Waals surface area contributed by atoms with Crippen LogP contribution in [0.1, 0.15) is 34.4 Å². The fraction of sp³-hybridized carbons (Fsp3) is 0.250. The van der Waals surface area contributed by atoms with E-state index in [0.29, 0.717) is 6.54 Å². The number of rotatable bonds is 6. The van der Waals surface area contributed by atoms with Crippen LogP contribution in [0.2, 0.25) is 0 Å². The molecule has 0 aliphatic heterocycles. The Bertz CT molecular complexity index is 1100. The van der Waals surface area contributed by atoms with Gasteiger partial charge in [0.25, 0.3) is 0 Å². The molecule has 0 aliphatic carbocycles. The molecule has 0 spiro atoms. The highest BCUT2D eigenvalue weighted by molar-refractivity contribution is 8.00. The highest BCUT2D eigenvalue weighted by Crippen LogP contribution is 2.32. The van der Waals surface area contributed by atoms with Gasteiger partial charge in [0.15, 0.2) is 5.78 Å². The molecule has 0 aliphatic rings. The van der Waals surface area contributed by atoms with Crippen LogP contribution in [0.4, 0.5) is 0 Å². The summed E-state index contributed by atoms with van der Waals surface area (Å²) in [6.45, 7) is 6.57. The smallest absolute Gasteiger partial charge is 0.177 e. The van der Waals surface area contributed by atoms with Gasteiger partial charge < -0.3 is 8.98 Å². The van der Waals surface area contributed by atoms with E-state index >= 15 is 0 Å². The molecular formula is C20H19N3O2S2. The first-order chi connectivity index (χ1) is 13.0. The number of ketones is 1. The Labute approximate surface area is 165 Å². The average molecular weight is 398 g/mol. The second kappa shape index (κ2) is 7.32. The van der Waals surface area contributed by atoms with Crippen molar-refractivity contribution in [1.82, 2.24) is 14.5 Å². The molecular weight excluding hydrogens is 378 g/mol. The lowest BCUT2D eigenvalue weighted by Gasteiger charge is -2.11. The molecule has 0 bridgehead atoms. The van der Waals surface area contributed by atoms with Gasteiger partial charge in [-0.25, -0.2) is 9.97 Å². The number of thioether (sulfide) groups is 1. The maximum absolute atomic E-state index is 13.1. The molecule has 7 heteroatoms. The van der Waals surface area contributed by atoms with Gasteiger partial charge in [-0.1, -0.05) is 11.8 Å². The normalized spacial score (nSPS) is 12.6. The highest BCUT2D eigenvalue weighted by Gasteiger charge is 2.23. The molecule has 1 atom stereocenters. The Morgan fingerprint density at radius 1 is 1.33 bits per heavy atom. The molecule has 4 rings (SSSR count). The number of Topliss-reactive ketones (excluding diaryl/α,β-unsaturated/α-hetero) is 1. The van der Waals surface area contributed by atoms with Crippen LogP contribution in [0.5, 0.6) is 0 Å². The third-order valence-electron chi connectivity index (χ3n) is 4.62. The Kier molecular flexibility index (Phi) is 4.88. The van der Waals surface area contributed by atoms with Gasteiger partial charge in [0, 0.05) is 22.3 Å². The van der Waals surface area contributed by atoms with Gasteiger partial charge in [-0.05, 0) is 50.4 Å². The number of hydrogen-bond acceptors (Lipinski definition) is 6. The van der Waals surface area contributed by atoms with Crippen molar-refractivity contribution in [2.24, 2.45) is 0 Å². The van der Waals surface area contributed by atoms with Crippen molar-refractivity contribution in [2.75, 3.05) is 0 Å². The minimum atomic E-state index is -0.236. The van der Waals surface area contributed by atoms with E-state index in [1.807, 2.05) is 50.4 Å². The van der Waals surface area contributed by atoms with Gasteiger partial charge >= 0.3 is 0 Å². The maximum atomic E-state index is 13.1. The number of carbonyl (C=O) groups excluding carboxylic acids is 1. The van der Waals surface area contributed by atoms with Gasteiger partial charge in [0.2, 0.25) is 0 Å². The van der Waals surface area contributed by atoms with Gasteiger partial charge in [0.05, 0.1) is 18.1 Å². The lowest BCUT2D eigenvalue weighted by Crippen LogP contribution is -2.15. The zero-order valence-corrected chi connectivity index (χ0v) is 16.9. The largest absolute Gasteiger partial charge is 0.467 e. The van der Waals surface area contributed by atoms with Crippen LogP contribution in [0.15, 0.2) is 51.7 Å². The van der Waals surface area contributed by atoms with E-state index in [2.05, 4.69) is 14.5 Å². The summed E-state index contributed by atoms with van der Waals surface area (Å²) in [5.74, 6) is 0.986. The average Bonchev–Trinajstić information content (AvgIpc) is 3.39. The van der Waals surface area contributed by atoms with Gasteiger partial charge in [0.1, 0.15) is 21.9 Å². The minimum absolute atomic E-state index is 0.112. The number of nitrogens with zero attached hydrogens (tertiary/aromatic N) is 3. The fourth-order valence-electron chi connectivity index (χ4n) is 3.15. The summed E-state index contributed by atoms with van der Waals surface area (Å²) in [6, 6.07) is 7.80. The SMILES string of the molecule is Cc1cc(C(=O)C(C)Sc2ncnc3sccc23)c(C)n1Cc1ccco1. The molecule has 0 fully saturated rings. The second-order valence-electron chi connectivity index (χ2n) is 6.39. The van der Waals surface area contributed by atoms with Gasteiger partial charge in [-0.2, -0.15) is 0 Å². The van der Waals surface area contributed by atoms with Crippen molar-refractivity contribution >= 4 is 39.1 Å². The monoisotopic (exact) mass is 397 g/mol. The molecule has 27 heavy (non-hydrogen) atoms. The van der Waals surface area contributed by atoms with Crippen LogP contribution in [0, 0.1) is 13.8 Å². The lowest BCUT2D eigenvalue weighted by atomic mass is 10.1. The predicted molar refractivity (Wildman–Crippen MR) is 109 cm³/mol. The van der Waals surface area contributed by atoms with Crippen LogP contribution in [0.3, 0.4) is 0 Å². The topological polar surface area (TPSA) is 60.9 Å². The van der Waals surface area contributed by atoms with E-state index in [-0.39, 0.29) is 11.0 Å². The number of aromatic nitrogens is 3. The van der Waals surface area contributed by atoms with Gasteiger partial charge in [-0.3, -0.25) is 4.79 Å². The first-order valence-electron chi connectivity index (χ1n) is 8.62. The Morgan fingerprint density at radius 3 is 2.96 bits per heavy atom. The summed E-state index contributed by atoms with van der Waals surface area (Å²) in [4.78, 5) is 22.7.